The Labute approximate surface area is 191 Å². The number of carbonyl (C=O) groups excluding carboxylic acids is 1. The van der Waals surface area contributed by atoms with Crippen molar-refractivity contribution < 1.29 is 17.6 Å². The van der Waals surface area contributed by atoms with Crippen molar-refractivity contribution in [1.29, 1.82) is 0 Å². The Morgan fingerprint density at radius 1 is 1.22 bits per heavy atom. The molecule has 1 aromatic carbocycles. The van der Waals surface area contributed by atoms with Crippen molar-refractivity contribution in [2.45, 2.75) is 31.5 Å². The summed E-state index contributed by atoms with van der Waals surface area (Å²) in [5, 5.41) is 9.18. The van der Waals surface area contributed by atoms with Crippen LogP contribution in [0.4, 0.5) is 0 Å². The third-order valence-corrected chi connectivity index (χ3v) is 7.91. The molecule has 0 bridgehead atoms. The van der Waals surface area contributed by atoms with Crippen molar-refractivity contribution in [3.05, 3.63) is 48.7 Å². The van der Waals surface area contributed by atoms with Crippen LogP contribution in [0.5, 0.6) is 0 Å². The van der Waals surface area contributed by atoms with E-state index in [1.54, 1.807) is 17.2 Å². The minimum atomic E-state index is -3.08. The first kappa shape index (κ1) is 22.6. The summed E-state index contributed by atoms with van der Waals surface area (Å²) in [6.07, 6.45) is 2.07. The number of benzene rings is 1. The number of hydrogen-bond acceptors (Lipinski definition) is 7. The average molecular weight is 475 g/mol. The second-order valence-electron chi connectivity index (χ2n) is 8.24. The molecular formula is C22H26N4O4S2. The third kappa shape index (κ3) is 5.07. The molecule has 1 aliphatic heterocycles. The summed E-state index contributed by atoms with van der Waals surface area (Å²) in [6.45, 7) is 4.58. The molecule has 10 heteroatoms. The third-order valence-electron chi connectivity index (χ3n) is 5.25. The van der Waals surface area contributed by atoms with E-state index in [0.717, 1.165) is 5.69 Å². The first-order chi connectivity index (χ1) is 15.3. The molecule has 32 heavy (non-hydrogen) atoms. The lowest BCUT2D eigenvalue weighted by atomic mass is 10.1. The van der Waals surface area contributed by atoms with Crippen LogP contribution in [0.25, 0.3) is 17.3 Å². The van der Waals surface area contributed by atoms with Gasteiger partial charge in [-0.15, -0.1) is 10.2 Å². The van der Waals surface area contributed by atoms with Gasteiger partial charge in [0.25, 0.3) is 0 Å². The normalized spacial score (nSPS) is 17.7. The van der Waals surface area contributed by atoms with E-state index in [9.17, 15) is 13.2 Å². The lowest BCUT2D eigenvalue weighted by Crippen LogP contribution is -2.44. The fourth-order valence-electron chi connectivity index (χ4n) is 3.82. The van der Waals surface area contributed by atoms with Crippen LogP contribution < -0.4 is 0 Å². The molecule has 0 saturated carbocycles. The van der Waals surface area contributed by atoms with Gasteiger partial charge in [-0.2, -0.15) is 0 Å². The van der Waals surface area contributed by atoms with Crippen molar-refractivity contribution in [3.8, 4) is 17.3 Å². The number of para-hydroxylation sites is 1. The molecule has 3 heterocycles. The summed E-state index contributed by atoms with van der Waals surface area (Å²) in [5.41, 5.74) is 0.861. The number of rotatable bonds is 8. The molecule has 0 spiro atoms. The summed E-state index contributed by atoms with van der Waals surface area (Å²) in [7, 11) is -3.08. The zero-order valence-corrected chi connectivity index (χ0v) is 19.7. The van der Waals surface area contributed by atoms with E-state index in [1.807, 2.05) is 54.8 Å². The van der Waals surface area contributed by atoms with Crippen molar-refractivity contribution in [1.82, 2.24) is 19.7 Å². The van der Waals surface area contributed by atoms with Crippen molar-refractivity contribution in [3.63, 3.8) is 0 Å². The smallest absolute Gasteiger partial charge is 0.233 e. The highest BCUT2D eigenvalue weighted by Gasteiger charge is 2.35. The quantitative estimate of drug-likeness (QED) is 0.462. The molecule has 8 nitrogen and oxygen atoms in total. The predicted octanol–water partition coefficient (Wildman–Crippen LogP) is 3.29. The molecule has 1 aliphatic rings. The number of sulfone groups is 1. The van der Waals surface area contributed by atoms with Crippen LogP contribution in [0.2, 0.25) is 0 Å². The average Bonchev–Trinajstić information content (AvgIpc) is 3.50. The van der Waals surface area contributed by atoms with Crippen molar-refractivity contribution in [2.24, 2.45) is 5.92 Å². The Morgan fingerprint density at radius 3 is 2.62 bits per heavy atom. The Balaban J connectivity index is 1.57. The van der Waals surface area contributed by atoms with Crippen LogP contribution in [-0.2, 0) is 14.6 Å². The van der Waals surface area contributed by atoms with E-state index in [-0.39, 0.29) is 35.1 Å². The predicted molar refractivity (Wildman–Crippen MR) is 123 cm³/mol. The van der Waals surface area contributed by atoms with E-state index < -0.39 is 9.84 Å². The number of hydrogen-bond donors (Lipinski definition) is 0. The summed E-state index contributed by atoms with van der Waals surface area (Å²) in [5.74, 6) is 1.61. The highest BCUT2D eigenvalue weighted by atomic mass is 32.2. The molecule has 1 saturated heterocycles. The van der Waals surface area contributed by atoms with Gasteiger partial charge in [0.2, 0.25) is 11.7 Å². The molecule has 0 radical (unpaired) electrons. The van der Waals surface area contributed by atoms with Gasteiger partial charge >= 0.3 is 0 Å². The van der Waals surface area contributed by atoms with Crippen LogP contribution in [0, 0.1) is 5.92 Å². The summed E-state index contributed by atoms with van der Waals surface area (Å²) >= 11 is 1.29. The summed E-state index contributed by atoms with van der Waals surface area (Å²) in [4.78, 5) is 14.9. The van der Waals surface area contributed by atoms with Crippen molar-refractivity contribution in [2.75, 3.05) is 23.8 Å². The molecule has 4 rings (SSSR count). The molecular weight excluding hydrogens is 448 g/mol. The van der Waals surface area contributed by atoms with Gasteiger partial charge in [0.15, 0.2) is 20.8 Å². The highest BCUT2D eigenvalue weighted by molar-refractivity contribution is 7.99. The van der Waals surface area contributed by atoms with E-state index in [4.69, 9.17) is 4.42 Å². The van der Waals surface area contributed by atoms with Gasteiger partial charge in [-0.25, -0.2) is 8.42 Å². The number of furan rings is 1. The van der Waals surface area contributed by atoms with E-state index >= 15 is 0 Å². The molecule has 0 N–H and O–H groups in total. The fraction of sp³-hybridized carbons (Fsp3) is 0.409. The first-order valence-electron chi connectivity index (χ1n) is 10.5. The number of thioether (sulfide) groups is 1. The van der Waals surface area contributed by atoms with Gasteiger partial charge in [-0.05, 0) is 36.6 Å². The van der Waals surface area contributed by atoms with Crippen LogP contribution in [-0.4, -0.2) is 63.8 Å². The summed E-state index contributed by atoms with van der Waals surface area (Å²) < 4.78 is 31.3. The zero-order valence-electron chi connectivity index (χ0n) is 18.0. The van der Waals surface area contributed by atoms with E-state index in [2.05, 4.69) is 10.2 Å². The molecule has 1 atom stereocenters. The largest absolute Gasteiger partial charge is 0.461 e. The van der Waals surface area contributed by atoms with Crippen molar-refractivity contribution >= 4 is 27.5 Å². The maximum atomic E-state index is 13.2. The standard InChI is InChI=1S/C22H26N4O4S2/c1-16(2)13-25(18-10-12-32(28,29)15-18)20(27)14-31-22-24-23-21(19-9-6-11-30-19)26(22)17-7-4-3-5-8-17/h3-9,11,16,18H,10,12-15H2,1-2H3. The monoisotopic (exact) mass is 474 g/mol. The lowest BCUT2D eigenvalue weighted by molar-refractivity contribution is -0.130. The van der Waals surface area contributed by atoms with E-state index in [0.29, 0.717) is 29.7 Å². The highest BCUT2D eigenvalue weighted by Crippen LogP contribution is 2.29. The first-order valence-corrected chi connectivity index (χ1v) is 13.3. The van der Waals surface area contributed by atoms with Gasteiger partial charge in [0.1, 0.15) is 0 Å². The van der Waals surface area contributed by atoms with Gasteiger partial charge < -0.3 is 9.32 Å². The molecule has 3 aromatic rings. The van der Waals surface area contributed by atoms with Crippen LogP contribution >= 0.6 is 11.8 Å². The van der Waals surface area contributed by atoms with Crippen LogP contribution in [0.15, 0.2) is 58.3 Å². The lowest BCUT2D eigenvalue weighted by Gasteiger charge is -2.29. The Bertz CT molecular complexity index is 1160. The second-order valence-corrected chi connectivity index (χ2v) is 11.4. The van der Waals surface area contributed by atoms with E-state index in [1.165, 1.54) is 11.8 Å². The van der Waals surface area contributed by atoms with Gasteiger partial charge in [-0.3, -0.25) is 9.36 Å². The molecule has 170 valence electrons. The van der Waals surface area contributed by atoms with Gasteiger partial charge in [0.05, 0.1) is 23.5 Å². The minimum Gasteiger partial charge on any atom is -0.461 e. The topological polar surface area (TPSA) is 98.3 Å². The molecule has 2 aromatic heterocycles. The fourth-order valence-corrected chi connectivity index (χ4v) is 6.39. The maximum Gasteiger partial charge on any atom is 0.233 e. The number of carbonyl (C=O) groups is 1. The Hall–Kier alpha value is -2.59. The number of aromatic nitrogens is 3. The minimum absolute atomic E-state index is 0.0406. The molecule has 1 amide bonds. The molecule has 1 unspecified atom stereocenters. The SMILES string of the molecule is CC(C)CN(C(=O)CSc1nnc(-c2ccco2)n1-c1ccccc1)C1CCS(=O)(=O)C1. The molecule has 1 fully saturated rings. The van der Waals surface area contributed by atoms with Gasteiger partial charge in [0, 0.05) is 18.3 Å². The Kier molecular flexibility index (Phi) is 6.71. The zero-order chi connectivity index (χ0) is 22.7. The number of nitrogens with zero attached hydrogens (tertiary/aromatic N) is 4. The van der Waals surface area contributed by atoms with Gasteiger partial charge in [-0.1, -0.05) is 43.8 Å². The Morgan fingerprint density at radius 2 is 2.00 bits per heavy atom. The maximum absolute atomic E-state index is 13.2. The number of amides is 1. The van der Waals surface area contributed by atoms with Crippen LogP contribution in [0.3, 0.4) is 0 Å². The second kappa shape index (κ2) is 9.50. The summed E-state index contributed by atoms with van der Waals surface area (Å²) in [6, 6.07) is 13.0. The molecule has 0 aliphatic carbocycles. The van der Waals surface area contributed by atoms with Crippen LogP contribution in [0.1, 0.15) is 20.3 Å².